The number of aryl methyl sites for hydroxylation is 4. The molecule has 0 saturated carbocycles. The van der Waals surface area contributed by atoms with Gasteiger partial charge < -0.3 is 4.90 Å². The minimum Gasteiger partial charge on any atom is -0.310 e. The Bertz CT molecular complexity index is 1310. The fraction of sp³-hybridized carbons (Fsp3) is 0.176. The highest BCUT2D eigenvalue weighted by Crippen LogP contribution is 2.40. The van der Waals surface area contributed by atoms with Crippen LogP contribution in [-0.2, 0) is 6.42 Å². The van der Waals surface area contributed by atoms with Gasteiger partial charge in [-0.2, -0.15) is 0 Å². The number of rotatable bonds is 8. The summed E-state index contributed by atoms with van der Waals surface area (Å²) in [5, 5.41) is 0. The van der Waals surface area contributed by atoms with Crippen molar-refractivity contribution in [2.24, 2.45) is 0 Å². The van der Waals surface area contributed by atoms with Crippen LogP contribution in [0, 0.1) is 20.8 Å². The van der Waals surface area contributed by atoms with Gasteiger partial charge in [0.15, 0.2) is 0 Å². The quantitative estimate of drug-likeness (QED) is 0.238. The van der Waals surface area contributed by atoms with Crippen LogP contribution in [0.4, 0.5) is 17.1 Å². The van der Waals surface area contributed by atoms with Crippen LogP contribution in [0.2, 0.25) is 0 Å². The lowest BCUT2D eigenvalue weighted by atomic mass is 10.00. The molecule has 0 bridgehead atoms. The molecule has 0 saturated heterocycles. The molecule has 4 rings (SSSR count). The predicted molar refractivity (Wildman–Crippen MR) is 154 cm³/mol. The summed E-state index contributed by atoms with van der Waals surface area (Å²) in [5.74, 6) is 0. The van der Waals surface area contributed by atoms with Crippen molar-refractivity contribution in [3.8, 4) is 0 Å². The molecule has 4 aromatic rings. The molecule has 176 valence electrons. The first-order chi connectivity index (χ1) is 17.1. The second-order valence-corrected chi connectivity index (χ2v) is 9.17. The molecule has 0 N–H and O–H groups in total. The third kappa shape index (κ3) is 6.00. The summed E-state index contributed by atoms with van der Waals surface area (Å²) in [5.41, 5.74) is 11.3. The zero-order valence-electron chi connectivity index (χ0n) is 21.3. The average molecular weight is 458 g/mol. The van der Waals surface area contributed by atoms with Gasteiger partial charge in [0.2, 0.25) is 0 Å². The van der Waals surface area contributed by atoms with Gasteiger partial charge in [-0.15, -0.1) is 0 Å². The predicted octanol–water partition coefficient (Wildman–Crippen LogP) is 9.76. The number of anilines is 3. The van der Waals surface area contributed by atoms with E-state index in [1.165, 1.54) is 50.4 Å². The Kier molecular flexibility index (Phi) is 8.00. The van der Waals surface area contributed by atoms with Crippen molar-refractivity contribution in [3.63, 3.8) is 0 Å². The van der Waals surface area contributed by atoms with E-state index in [2.05, 4.69) is 142 Å². The van der Waals surface area contributed by atoms with E-state index in [1.54, 1.807) is 0 Å². The van der Waals surface area contributed by atoms with E-state index in [9.17, 15) is 0 Å². The summed E-state index contributed by atoms with van der Waals surface area (Å²) < 4.78 is 0. The first kappa shape index (κ1) is 24.3. The maximum absolute atomic E-state index is 2.43. The van der Waals surface area contributed by atoms with Gasteiger partial charge >= 0.3 is 0 Å². The molecule has 0 aromatic heterocycles. The SMILES string of the molecule is CCCc1cccc(C)c1N(c1ccc(C)cc1)c1ccc(/C=C/C=C/c2ccccc2)c(C)c1. The Morgan fingerprint density at radius 1 is 0.657 bits per heavy atom. The fourth-order valence-corrected chi connectivity index (χ4v) is 4.49. The zero-order valence-corrected chi connectivity index (χ0v) is 21.3. The Morgan fingerprint density at radius 3 is 2.09 bits per heavy atom. The third-order valence-electron chi connectivity index (χ3n) is 6.34. The van der Waals surface area contributed by atoms with E-state index in [1.807, 2.05) is 6.07 Å². The summed E-state index contributed by atoms with van der Waals surface area (Å²) >= 11 is 0. The molecular weight excluding hydrogens is 422 g/mol. The molecule has 1 heteroatoms. The Hall–Kier alpha value is -3.84. The van der Waals surface area contributed by atoms with Gasteiger partial charge in [0, 0.05) is 11.4 Å². The van der Waals surface area contributed by atoms with Crippen LogP contribution in [0.5, 0.6) is 0 Å². The molecule has 35 heavy (non-hydrogen) atoms. The summed E-state index contributed by atoms with van der Waals surface area (Å²) in [6.07, 6.45) is 10.7. The van der Waals surface area contributed by atoms with Gasteiger partial charge in [0.05, 0.1) is 5.69 Å². The van der Waals surface area contributed by atoms with Crippen molar-refractivity contribution in [2.45, 2.75) is 40.5 Å². The van der Waals surface area contributed by atoms with E-state index in [4.69, 9.17) is 0 Å². The molecule has 0 heterocycles. The van der Waals surface area contributed by atoms with Crippen LogP contribution < -0.4 is 4.90 Å². The van der Waals surface area contributed by atoms with E-state index in [0.29, 0.717) is 0 Å². The van der Waals surface area contributed by atoms with E-state index in [0.717, 1.165) is 12.8 Å². The van der Waals surface area contributed by atoms with E-state index < -0.39 is 0 Å². The van der Waals surface area contributed by atoms with E-state index in [-0.39, 0.29) is 0 Å². The molecule has 0 radical (unpaired) electrons. The molecule has 0 aliphatic heterocycles. The van der Waals surface area contributed by atoms with Crippen molar-refractivity contribution in [1.29, 1.82) is 0 Å². The Morgan fingerprint density at radius 2 is 1.37 bits per heavy atom. The molecule has 0 aliphatic carbocycles. The smallest absolute Gasteiger partial charge is 0.0522 e. The van der Waals surface area contributed by atoms with Crippen molar-refractivity contribution in [3.05, 3.63) is 137 Å². The van der Waals surface area contributed by atoms with Crippen LogP contribution in [0.1, 0.15) is 46.7 Å². The van der Waals surface area contributed by atoms with Gasteiger partial charge in [0.25, 0.3) is 0 Å². The first-order valence-electron chi connectivity index (χ1n) is 12.5. The molecule has 0 unspecified atom stereocenters. The zero-order chi connectivity index (χ0) is 24.6. The number of hydrogen-bond acceptors (Lipinski definition) is 1. The van der Waals surface area contributed by atoms with Gasteiger partial charge in [-0.05, 0) is 79.3 Å². The lowest BCUT2D eigenvalue weighted by Gasteiger charge is -2.30. The highest BCUT2D eigenvalue weighted by molar-refractivity contribution is 5.81. The summed E-state index contributed by atoms with van der Waals surface area (Å²) in [7, 11) is 0. The molecular formula is C34H35N. The molecule has 0 amide bonds. The molecule has 4 aromatic carbocycles. The maximum atomic E-state index is 2.43. The summed E-state index contributed by atoms with van der Waals surface area (Å²) in [6, 6.07) is 32.7. The maximum Gasteiger partial charge on any atom is 0.0522 e. The van der Waals surface area contributed by atoms with E-state index >= 15 is 0 Å². The Balaban J connectivity index is 1.71. The molecule has 1 nitrogen and oxygen atoms in total. The van der Waals surface area contributed by atoms with Crippen molar-refractivity contribution in [2.75, 3.05) is 4.90 Å². The topological polar surface area (TPSA) is 3.24 Å². The number of hydrogen-bond donors (Lipinski definition) is 0. The van der Waals surface area contributed by atoms with Gasteiger partial charge in [0.1, 0.15) is 0 Å². The number of para-hydroxylation sites is 1. The second kappa shape index (κ2) is 11.5. The standard InChI is InChI=1S/C34H35N/c1-5-12-31-18-11-13-27(3)34(31)35(32-22-19-26(2)20-23-32)33-24-21-30(28(4)25-33)17-10-9-16-29-14-7-6-8-15-29/h6-11,13-25H,5,12H2,1-4H3/b16-9+,17-10+. The highest BCUT2D eigenvalue weighted by Gasteiger charge is 2.18. The van der Waals surface area contributed by atoms with Crippen LogP contribution in [-0.4, -0.2) is 0 Å². The molecule has 0 spiro atoms. The molecule has 0 atom stereocenters. The lowest BCUT2D eigenvalue weighted by molar-refractivity contribution is 0.917. The van der Waals surface area contributed by atoms with Crippen LogP contribution in [0.3, 0.4) is 0 Å². The van der Waals surface area contributed by atoms with Crippen LogP contribution in [0.25, 0.3) is 12.2 Å². The lowest BCUT2D eigenvalue weighted by Crippen LogP contribution is -2.14. The average Bonchev–Trinajstić information content (AvgIpc) is 2.86. The largest absolute Gasteiger partial charge is 0.310 e. The Labute approximate surface area is 211 Å². The summed E-state index contributed by atoms with van der Waals surface area (Å²) in [4.78, 5) is 2.43. The minimum atomic E-state index is 1.06. The van der Waals surface area contributed by atoms with Crippen molar-refractivity contribution >= 4 is 29.2 Å². The first-order valence-corrected chi connectivity index (χ1v) is 12.5. The van der Waals surface area contributed by atoms with Crippen LogP contribution >= 0.6 is 0 Å². The normalized spacial score (nSPS) is 11.4. The number of nitrogens with zero attached hydrogens (tertiary/aromatic N) is 1. The fourth-order valence-electron chi connectivity index (χ4n) is 4.49. The van der Waals surface area contributed by atoms with Gasteiger partial charge in [-0.3, -0.25) is 0 Å². The number of allylic oxidation sites excluding steroid dienone is 2. The third-order valence-corrected chi connectivity index (χ3v) is 6.34. The van der Waals surface area contributed by atoms with Crippen molar-refractivity contribution < 1.29 is 0 Å². The minimum absolute atomic E-state index is 1.06. The number of benzene rings is 4. The molecule has 0 fully saturated rings. The van der Waals surface area contributed by atoms with Gasteiger partial charge in [-0.1, -0.05) is 110 Å². The van der Waals surface area contributed by atoms with Crippen LogP contribution in [0.15, 0.2) is 103 Å². The monoisotopic (exact) mass is 457 g/mol. The highest BCUT2D eigenvalue weighted by atomic mass is 15.1. The van der Waals surface area contributed by atoms with Gasteiger partial charge in [-0.25, -0.2) is 0 Å². The summed E-state index contributed by atoms with van der Waals surface area (Å²) in [6.45, 7) is 8.81. The van der Waals surface area contributed by atoms with Crippen molar-refractivity contribution in [1.82, 2.24) is 0 Å². The second-order valence-electron chi connectivity index (χ2n) is 9.17. The molecule has 0 aliphatic rings.